The minimum Gasteiger partial charge on any atom is -0.368 e. The summed E-state index contributed by atoms with van der Waals surface area (Å²) in [5.74, 6) is 0.913. The number of carbonyl (C=O) groups excluding carboxylic acids is 1. The lowest BCUT2D eigenvalue weighted by Crippen LogP contribution is -2.37. The van der Waals surface area contributed by atoms with Gasteiger partial charge in [-0.05, 0) is 5.92 Å². The van der Waals surface area contributed by atoms with Crippen molar-refractivity contribution in [3.63, 3.8) is 0 Å². The topological polar surface area (TPSA) is 96.7 Å². The van der Waals surface area contributed by atoms with Crippen LogP contribution in [0.5, 0.6) is 0 Å². The molecule has 0 aliphatic carbocycles. The SMILES string of the molecule is CC(C)C(=O)[C@@H](Nc1n[nH]c(N)n1)C(C)C. The van der Waals surface area contributed by atoms with Crippen molar-refractivity contribution in [3.8, 4) is 0 Å². The molecule has 0 saturated heterocycles. The second kappa shape index (κ2) is 4.96. The van der Waals surface area contributed by atoms with Crippen molar-refractivity contribution in [1.29, 1.82) is 0 Å². The standard InChI is InChI=1S/C10H19N5O/c1-5(2)7(8(16)6(3)4)12-10-13-9(11)14-15-10/h5-7H,1-4H3,(H4,11,12,13,14,15)/t7-/m0/s1. The van der Waals surface area contributed by atoms with Gasteiger partial charge in [0.2, 0.25) is 11.9 Å². The molecular formula is C10H19N5O. The zero-order valence-corrected chi connectivity index (χ0v) is 10.1. The number of hydrogen-bond donors (Lipinski definition) is 3. The molecule has 0 bridgehead atoms. The summed E-state index contributed by atoms with van der Waals surface area (Å²) < 4.78 is 0. The van der Waals surface area contributed by atoms with E-state index in [0.29, 0.717) is 5.95 Å². The van der Waals surface area contributed by atoms with Gasteiger partial charge in [-0.1, -0.05) is 27.7 Å². The molecule has 0 fully saturated rings. The molecule has 4 N–H and O–H groups in total. The molecule has 0 saturated carbocycles. The van der Waals surface area contributed by atoms with Gasteiger partial charge in [0.15, 0.2) is 5.78 Å². The number of carbonyl (C=O) groups is 1. The van der Waals surface area contributed by atoms with E-state index < -0.39 is 0 Å². The molecule has 90 valence electrons. The number of hydrogen-bond acceptors (Lipinski definition) is 5. The molecular weight excluding hydrogens is 206 g/mol. The molecule has 0 spiro atoms. The summed E-state index contributed by atoms with van der Waals surface area (Å²) in [5.41, 5.74) is 5.41. The van der Waals surface area contributed by atoms with Crippen molar-refractivity contribution < 1.29 is 4.79 Å². The Morgan fingerprint density at radius 1 is 1.38 bits per heavy atom. The van der Waals surface area contributed by atoms with Gasteiger partial charge in [-0.15, -0.1) is 5.10 Å². The fourth-order valence-corrected chi connectivity index (χ4v) is 1.40. The Morgan fingerprint density at radius 2 is 2.00 bits per heavy atom. The van der Waals surface area contributed by atoms with E-state index in [1.807, 2.05) is 27.7 Å². The molecule has 6 heteroatoms. The molecule has 0 radical (unpaired) electrons. The van der Waals surface area contributed by atoms with Crippen LogP contribution in [0.3, 0.4) is 0 Å². The maximum Gasteiger partial charge on any atom is 0.244 e. The Morgan fingerprint density at radius 3 is 2.38 bits per heavy atom. The first-order chi connectivity index (χ1) is 7.41. The second-order valence-electron chi connectivity index (χ2n) is 4.47. The molecule has 1 rings (SSSR count). The monoisotopic (exact) mass is 225 g/mol. The molecule has 1 aromatic rings. The van der Waals surface area contributed by atoms with Gasteiger partial charge in [0.05, 0.1) is 6.04 Å². The fourth-order valence-electron chi connectivity index (χ4n) is 1.40. The first-order valence-corrected chi connectivity index (χ1v) is 5.40. The predicted molar refractivity (Wildman–Crippen MR) is 62.9 cm³/mol. The minimum absolute atomic E-state index is 0.0174. The van der Waals surface area contributed by atoms with Crippen molar-refractivity contribution in [2.24, 2.45) is 11.8 Å². The molecule has 0 aromatic carbocycles. The molecule has 0 unspecified atom stereocenters. The average molecular weight is 225 g/mol. The van der Waals surface area contributed by atoms with Crippen molar-refractivity contribution in [2.75, 3.05) is 11.1 Å². The van der Waals surface area contributed by atoms with E-state index in [1.165, 1.54) is 0 Å². The van der Waals surface area contributed by atoms with E-state index in [-0.39, 0.29) is 29.6 Å². The Bertz CT molecular complexity index is 358. The number of ketones is 1. The van der Waals surface area contributed by atoms with Crippen LogP contribution in [-0.4, -0.2) is 27.0 Å². The maximum absolute atomic E-state index is 11.9. The van der Waals surface area contributed by atoms with Crippen molar-refractivity contribution in [2.45, 2.75) is 33.7 Å². The normalized spacial score (nSPS) is 13.1. The highest BCUT2D eigenvalue weighted by molar-refractivity contribution is 5.88. The number of nitrogens with zero attached hydrogens (tertiary/aromatic N) is 2. The van der Waals surface area contributed by atoms with Gasteiger partial charge >= 0.3 is 0 Å². The van der Waals surface area contributed by atoms with Crippen LogP contribution in [0.2, 0.25) is 0 Å². The lowest BCUT2D eigenvalue weighted by atomic mass is 9.93. The number of rotatable bonds is 5. The number of nitrogens with two attached hydrogens (primary N) is 1. The van der Waals surface area contributed by atoms with Gasteiger partial charge in [-0.3, -0.25) is 4.79 Å². The van der Waals surface area contributed by atoms with E-state index in [2.05, 4.69) is 20.5 Å². The zero-order chi connectivity index (χ0) is 12.3. The number of H-pyrrole nitrogens is 1. The molecule has 0 aliphatic heterocycles. The molecule has 1 atom stereocenters. The van der Waals surface area contributed by atoms with Crippen LogP contribution in [0, 0.1) is 11.8 Å². The van der Waals surface area contributed by atoms with Gasteiger partial charge in [0.25, 0.3) is 0 Å². The van der Waals surface area contributed by atoms with Crippen LogP contribution in [0.4, 0.5) is 11.9 Å². The van der Waals surface area contributed by atoms with Crippen LogP contribution in [0.25, 0.3) is 0 Å². The minimum atomic E-state index is -0.282. The second-order valence-corrected chi connectivity index (χ2v) is 4.47. The third-order valence-electron chi connectivity index (χ3n) is 2.33. The first-order valence-electron chi connectivity index (χ1n) is 5.40. The lowest BCUT2D eigenvalue weighted by molar-refractivity contribution is -0.123. The van der Waals surface area contributed by atoms with E-state index in [0.717, 1.165) is 0 Å². The smallest absolute Gasteiger partial charge is 0.244 e. The van der Waals surface area contributed by atoms with Crippen LogP contribution in [0.15, 0.2) is 0 Å². The summed E-state index contributed by atoms with van der Waals surface area (Å²) in [4.78, 5) is 15.9. The Kier molecular flexibility index (Phi) is 3.87. The highest BCUT2D eigenvalue weighted by atomic mass is 16.1. The van der Waals surface area contributed by atoms with E-state index in [1.54, 1.807) is 0 Å². The van der Waals surface area contributed by atoms with E-state index >= 15 is 0 Å². The van der Waals surface area contributed by atoms with Gasteiger partial charge in [0, 0.05) is 5.92 Å². The van der Waals surface area contributed by atoms with Gasteiger partial charge in [-0.2, -0.15) is 4.98 Å². The van der Waals surface area contributed by atoms with Crippen LogP contribution < -0.4 is 11.1 Å². The van der Waals surface area contributed by atoms with Crippen molar-refractivity contribution >= 4 is 17.7 Å². The summed E-state index contributed by atoms with van der Waals surface area (Å²) in [6.45, 7) is 7.72. The fraction of sp³-hybridized carbons (Fsp3) is 0.700. The molecule has 1 heterocycles. The maximum atomic E-state index is 11.9. The number of nitrogen functional groups attached to an aromatic ring is 1. The lowest BCUT2D eigenvalue weighted by Gasteiger charge is -2.21. The number of nitrogens with one attached hydrogen (secondary N) is 2. The Balaban J connectivity index is 2.76. The van der Waals surface area contributed by atoms with Crippen LogP contribution >= 0.6 is 0 Å². The highest BCUT2D eigenvalue weighted by Gasteiger charge is 2.25. The number of Topliss-reactive ketones (excluding diaryl/α,β-unsaturated/α-hetero) is 1. The van der Waals surface area contributed by atoms with Crippen molar-refractivity contribution in [3.05, 3.63) is 0 Å². The van der Waals surface area contributed by atoms with E-state index in [9.17, 15) is 4.79 Å². The van der Waals surface area contributed by atoms with Crippen LogP contribution in [0.1, 0.15) is 27.7 Å². The predicted octanol–water partition coefficient (Wildman–Crippen LogP) is 1.05. The van der Waals surface area contributed by atoms with E-state index in [4.69, 9.17) is 5.73 Å². The summed E-state index contributed by atoms with van der Waals surface area (Å²) in [6.07, 6.45) is 0. The summed E-state index contributed by atoms with van der Waals surface area (Å²) >= 11 is 0. The Hall–Kier alpha value is -1.59. The molecule has 16 heavy (non-hydrogen) atoms. The average Bonchev–Trinajstić information content (AvgIpc) is 2.59. The number of aromatic amines is 1. The Labute approximate surface area is 95.0 Å². The third-order valence-corrected chi connectivity index (χ3v) is 2.33. The summed E-state index contributed by atoms with van der Waals surface area (Å²) in [7, 11) is 0. The number of anilines is 2. The highest BCUT2D eigenvalue weighted by Crippen LogP contribution is 2.13. The third kappa shape index (κ3) is 2.95. The van der Waals surface area contributed by atoms with Crippen LogP contribution in [-0.2, 0) is 4.79 Å². The summed E-state index contributed by atoms with van der Waals surface area (Å²) in [6, 6.07) is -0.282. The molecule has 0 amide bonds. The van der Waals surface area contributed by atoms with Crippen molar-refractivity contribution in [1.82, 2.24) is 15.2 Å². The molecule has 6 nitrogen and oxygen atoms in total. The van der Waals surface area contributed by atoms with Gasteiger partial charge < -0.3 is 11.1 Å². The number of aromatic nitrogens is 3. The summed E-state index contributed by atoms with van der Waals surface area (Å²) in [5, 5.41) is 9.38. The largest absolute Gasteiger partial charge is 0.368 e. The first kappa shape index (κ1) is 12.5. The quantitative estimate of drug-likeness (QED) is 0.696. The molecule has 1 aromatic heterocycles. The zero-order valence-electron chi connectivity index (χ0n) is 10.1. The van der Waals surface area contributed by atoms with Gasteiger partial charge in [0.1, 0.15) is 0 Å². The molecule has 0 aliphatic rings. The van der Waals surface area contributed by atoms with Gasteiger partial charge in [-0.25, -0.2) is 5.10 Å².